The van der Waals surface area contributed by atoms with Crippen molar-refractivity contribution in [3.05, 3.63) is 15.6 Å². The Morgan fingerprint density at radius 2 is 1.25 bits per heavy atom. The summed E-state index contributed by atoms with van der Waals surface area (Å²) in [5.74, 6) is 3.53. The fourth-order valence-electron chi connectivity index (χ4n) is 2.00. The molecule has 24 heavy (non-hydrogen) atoms. The van der Waals surface area contributed by atoms with Crippen molar-refractivity contribution < 1.29 is 18.9 Å². The van der Waals surface area contributed by atoms with E-state index < -0.39 is 18.4 Å². The fraction of sp³-hybridized carbons (Fsp3) is 0.529. The van der Waals surface area contributed by atoms with Crippen LogP contribution in [0.2, 0.25) is 14.8 Å². The predicted molar refractivity (Wildman–Crippen MR) is 109 cm³/mol. The second kappa shape index (κ2) is 10.4. The summed E-state index contributed by atoms with van der Waals surface area (Å²) in [5, 5.41) is 3.80. The second-order valence-corrected chi connectivity index (χ2v) is 23.1. The molecule has 0 saturated carbocycles. The van der Waals surface area contributed by atoms with Crippen LogP contribution in [0.1, 0.15) is 12.3 Å². The van der Waals surface area contributed by atoms with E-state index in [1.54, 1.807) is 39.8 Å². The van der Waals surface area contributed by atoms with Crippen molar-refractivity contribution in [3.63, 3.8) is 0 Å². The Hall–Kier alpha value is -0.601. The maximum atomic E-state index is 5.45. The topological polar surface area (TPSA) is 36.9 Å². The number of hydrogen-bond acceptors (Lipinski definition) is 6. The molecule has 2 rings (SSSR count). The summed E-state index contributed by atoms with van der Waals surface area (Å²) in [5.41, 5.74) is 0. The van der Waals surface area contributed by atoms with Gasteiger partial charge in [0.1, 0.15) is 0 Å². The summed E-state index contributed by atoms with van der Waals surface area (Å²) in [7, 11) is 6.69. The van der Waals surface area contributed by atoms with E-state index >= 15 is 0 Å². The molecule has 0 spiro atoms. The van der Waals surface area contributed by atoms with E-state index in [4.69, 9.17) is 18.9 Å². The van der Waals surface area contributed by atoms with Gasteiger partial charge in [0.25, 0.3) is 0 Å². The van der Waals surface area contributed by atoms with E-state index in [0.29, 0.717) is 0 Å². The van der Waals surface area contributed by atoms with Crippen LogP contribution >= 0.6 is 22.7 Å². The largest absolute Gasteiger partial charge is 0.492 e. The van der Waals surface area contributed by atoms with Gasteiger partial charge in [-0.25, -0.2) is 0 Å². The van der Waals surface area contributed by atoms with Gasteiger partial charge in [0.2, 0.25) is 0 Å². The van der Waals surface area contributed by atoms with Crippen LogP contribution in [0.5, 0.6) is 23.0 Å². The van der Waals surface area contributed by atoms with E-state index in [0.717, 1.165) is 23.0 Å². The van der Waals surface area contributed by atoms with Crippen LogP contribution < -0.4 is 21.8 Å². The molecule has 0 bridgehead atoms. The number of ether oxygens (including phenoxy) is 4. The van der Waals surface area contributed by atoms with Crippen LogP contribution in [-0.2, 0) is 0 Å². The first-order valence-electron chi connectivity index (χ1n) is 7.16. The second-order valence-electron chi connectivity index (χ2n) is 5.81. The zero-order chi connectivity index (χ0) is 17.6. The molecule has 0 amide bonds. The molecule has 0 aliphatic heterocycles. The molecule has 2 aromatic rings. The molecule has 0 aliphatic rings. The Morgan fingerprint density at radius 3 is 1.58 bits per heavy atom. The standard InChI is InChI=1S/C7H9O2S.C6H8O2S.CH4.3CH3.Sn/c1-5-7(9-3)6(8-2)4-10-5;1-7-5-3-9-4-6(5)8-2;;;;;/h1-3H3;3-4H,1-2H3;1H4;3*1H3;. The van der Waals surface area contributed by atoms with Crippen molar-refractivity contribution in [2.24, 2.45) is 0 Å². The normalized spacial score (nSPS) is 10.2. The molecule has 0 aliphatic carbocycles. The van der Waals surface area contributed by atoms with E-state index in [-0.39, 0.29) is 7.43 Å². The van der Waals surface area contributed by atoms with E-state index in [2.05, 4.69) is 21.7 Å². The number of hydrogen-bond donors (Lipinski definition) is 0. The van der Waals surface area contributed by atoms with Crippen molar-refractivity contribution in [1.82, 2.24) is 0 Å². The summed E-state index contributed by atoms with van der Waals surface area (Å²) in [4.78, 5) is 8.40. The first kappa shape index (κ1) is 23.4. The molecule has 0 aromatic carbocycles. The van der Waals surface area contributed by atoms with Crippen LogP contribution in [0.25, 0.3) is 0 Å². The third-order valence-corrected chi connectivity index (χ3v) is 14.2. The smallest absolute Gasteiger partial charge is 0.171 e. The molecule has 7 heteroatoms. The maximum Gasteiger partial charge on any atom is 0.171 e. The Bertz CT molecular complexity index is 596. The molecular formula is C17H30O4S2Sn. The van der Waals surface area contributed by atoms with Crippen molar-refractivity contribution in [2.45, 2.75) is 29.2 Å². The van der Waals surface area contributed by atoms with Crippen molar-refractivity contribution in [2.75, 3.05) is 28.4 Å². The summed E-state index contributed by atoms with van der Waals surface area (Å²) in [6.45, 7) is 2.09. The van der Waals surface area contributed by atoms with Crippen LogP contribution in [0.3, 0.4) is 0 Å². The van der Waals surface area contributed by atoms with Gasteiger partial charge in [0.15, 0.2) is 11.5 Å². The summed E-state index contributed by atoms with van der Waals surface area (Å²) in [6.07, 6.45) is 0. The quantitative estimate of drug-likeness (QED) is 0.563. The summed E-state index contributed by atoms with van der Waals surface area (Å²) < 4.78 is 22.2. The molecule has 0 atom stereocenters. The van der Waals surface area contributed by atoms with E-state index in [9.17, 15) is 0 Å². The van der Waals surface area contributed by atoms with Gasteiger partial charge in [-0.05, 0) is 0 Å². The van der Waals surface area contributed by atoms with Crippen LogP contribution in [0, 0.1) is 6.92 Å². The van der Waals surface area contributed by atoms with Gasteiger partial charge in [-0.1, -0.05) is 7.43 Å². The molecule has 0 unspecified atom stereocenters. The Labute approximate surface area is 158 Å². The molecule has 2 aromatic heterocycles. The molecule has 0 radical (unpaired) electrons. The van der Waals surface area contributed by atoms with Gasteiger partial charge >= 0.3 is 94.4 Å². The maximum absolute atomic E-state index is 5.45. The van der Waals surface area contributed by atoms with Crippen molar-refractivity contribution in [1.29, 1.82) is 0 Å². The monoisotopic (exact) mass is 482 g/mol. The van der Waals surface area contributed by atoms with Crippen molar-refractivity contribution >= 4 is 43.9 Å². The minimum Gasteiger partial charge on any atom is -0.492 e. The van der Waals surface area contributed by atoms with E-state index in [1.807, 2.05) is 22.1 Å². The van der Waals surface area contributed by atoms with Gasteiger partial charge in [-0.15, -0.1) is 11.3 Å². The summed E-state index contributed by atoms with van der Waals surface area (Å²) in [6, 6.07) is 0. The van der Waals surface area contributed by atoms with Gasteiger partial charge in [-0.2, -0.15) is 0 Å². The first-order chi connectivity index (χ1) is 10.8. The average Bonchev–Trinajstić information content (AvgIpc) is 3.09. The molecular weight excluding hydrogens is 451 g/mol. The minimum atomic E-state index is -2.04. The number of aryl methyl sites for hydroxylation is 1. The molecule has 0 fully saturated rings. The minimum absolute atomic E-state index is 0. The number of methoxy groups -OCH3 is 4. The Balaban J connectivity index is 0.000000460. The molecule has 4 nitrogen and oxygen atoms in total. The molecule has 0 N–H and O–H groups in total. The molecule has 138 valence electrons. The van der Waals surface area contributed by atoms with Crippen LogP contribution in [0.15, 0.2) is 10.8 Å². The van der Waals surface area contributed by atoms with Gasteiger partial charge in [0, 0.05) is 10.8 Å². The third kappa shape index (κ3) is 5.74. The fourth-order valence-corrected chi connectivity index (χ4v) is 10.4. The predicted octanol–water partition coefficient (Wildman–Crippen LogP) is 5.02. The number of rotatable bonds is 5. The van der Waals surface area contributed by atoms with Gasteiger partial charge < -0.3 is 9.47 Å². The van der Waals surface area contributed by atoms with Crippen LogP contribution in [-0.4, -0.2) is 46.8 Å². The molecule has 2 heterocycles. The zero-order valence-electron chi connectivity index (χ0n) is 15.1. The molecule has 0 saturated heterocycles. The Morgan fingerprint density at radius 1 is 0.792 bits per heavy atom. The average molecular weight is 481 g/mol. The van der Waals surface area contributed by atoms with Gasteiger partial charge in [0.05, 0.1) is 14.2 Å². The van der Waals surface area contributed by atoms with Gasteiger partial charge in [-0.3, -0.25) is 0 Å². The third-order valence-electron chi connectivity index (χ3n) is 3.11. The first-order valence-corrected chi connectivity index (χ1v) is 18.9. The SMILES string of the molecule is C.COc1c(C)s[c]([Sn]([CH3])([CH3])[CH3])c1OC.COc1cscc1OC. The summed E-state index contributed by atoms with van der Waals surface area (Å²) >= 11 is 1.37. The van der Waals surface area contributed by atoms with Crippen molar-refractivity contribution in [3.8, 4) is 23.0 Å². The number of thiophene rings is 2. The Kier molecular flexibility index (Phi) is 10.1. The van der Waals surface area contributed by atoms with Crippen LogP contribution in [0.4, 0.5) is 0 Å². The van der Waals surface area contributed by atoms with E-state index in [1.165, 1.54) is 7.77 Å². The zero-order valence-corrected chi connectivity index (χ0v) is 19.6.